The standard InChI is InChI=1S/C12H12N2OS2/c1-2-7-14-11(15)10(17-12(14)16)8-9-3-5-13-6-4-9/h3-6,8H,2,7H2,1H3/b10-8-. The lowest BCUT2D eigenvalue weighted by molar-refractivity contribution is -0.122. The van der Waals surface area contributed by atoms with Gasteiger partial charge in [-0.1, -0.05) is 30.9 Å². The monoisotopic (exact) mass is 264 g/mol. The summed E-state index contributed by atoms with van der Waals surface area (Å²) in [5, 5.41) is 0. The molecule has 0 saturated carbocycles. The van der Waals surface area contributed by atoms with Crippen molar-refractivity contribution < 1.29 is 4.79 Å². The first kappa shape index (κ1) is 12.3. The van der Waals surface area contributed by atoms with E-state index in [1.807, 2.05) is 25.1 Å². The number of hydrogen-bond donors (Lipinski definition) is 0. The Morgan fingerprint density at radius 3 is 2.82 bits per heavy atom. The van der Waals surface area contributed by atoms with Gasteiger partial charge in [-0.2, -0.15) is 0 Å². The lowest BCUT2D eigenvalue weighted by Crippen LogP contribution is -2.28. The Balaban J connectivity index is 2.22. The van der Waals surface area contributed by atoms with Crippen molar-refractivity contribution in [1.82, 2.24) is 9.88 Å². The molecule has 0 bridgehead atoms. The molecular weight excluding hydrogens is 252 g/mol. The van der Waals surface area contributed by atoms with Gasteiger partial charge in [-0.15, -0.1) is 0 Å². The molecule has 1 aliphatic heterocycles. The van der Waals surface area contributed by atoms with Gasteiger partial charge in [-0.3, -0.25) is 14.7 Å². The van der Waals surface area contributed by atoms with E-state index in [0.29, 0.717) is 15.8 Å². The van der Waals surface area contributed by atoms with Crippen molar-refractivity contribution in [3.05, 3.63) is 35.0 Å². The highest BCUT2D eigenvalue weighted by atomic mass is 32.2. The molecule has 2 rings (SSSR count). The zero-order chi connectivity index (χ0) is 12.3. The Morgan fingerprint density at radius 1 is 1.47 bits per heavy atom. The topological polar surface area (TPSA) is 33.2 Å². The van der Waals surface area contributed by atoms with Crippen molar-refractivity contribution in [2.24, 2.45) is 0 Å². The summed E-state index contributed by atoms with van der Waals surface area (Å²) in [7, 11) is 0. The number of rotatable bonds is 3. The molecule has 2 heterocycles. The van der Waals surface area contributed by atoms with Gasteiger partial charge in [0.05, 0.1) is 4.91 Å². The molecule has 5 heteroatoms. The summed E-state index contributed by atoms with van der Waals surface area (Å²) in [6.45, 7) is 2.73. The number of hydrogen-bond acceptors (Lipinski definition) is 4. The highest BCUT2D eigenvalue weighted by Crippen LogP contribution is 2.32. The lowest BCUT2D eigenvalue weighted by atomic mass is 10.2. The first-order chi connectivity index (χ1) is 8.22. The SMILES string of the molecule is CCCN1C(=O)/C(=C/c2ccncc2)SC1=S. The van der Waals surface area contributed by atoms with Crippen molar-refractivity contribution >= 4 is 40.3 Å². The number of carbonyl (C=O) groups excluding carboxylic acids is 1. The van der Waals surface area contributed by atoms with Crippen LogP contribution in [0.4, 0.5) is 0 Å². The number of carbonyl (C=O) groups is 1. The molecule has 17 heavy (non-hydrogen) atoms. The summed E-state index contributed by atoms with van der Waals surface area (Å²) < 4.78 is 0.650. The molecule has 1 saturated heterocycles. The average Bonchev–Trinajstić information content (AvgIpc) is 2.59. The predicted octanol–water partition coefficient (Wildman–Crippen LogP) is 2.69. The minimum atomic E-state index is 0.0127. The Bertz CT molecular complexity index is 471. The maximum Gasteiger partial charge on any atom is 0.266 e. The van der Waals surface area contributed by atoms with Gasteiger partial charge < -0.3 is 0 Å². The molecular formula is C12H12N2OS2. The van der Waals surface area contributed by atoms with Crippen molar-refractivity contribution in [2.45, 2.75) is 13.3 Å². The van der Waals surface area contributed by atoms with Crippen LogP contribution in [0.2, 0.25) is 0 Å². The normalized spacial score (nSPS) is 18.2. The second-order valence-electron chi connectivity index (χ2n) is 3.61. The van der Waals surface area contributed by atoms with Crippen LogP contribution in [-0.4, -0.2) is 26.7 Å². The van der Waals surface area contributed by atoms with Gasteiger partial charge in [0, 0.05) is 18.9 Å². The second-order valence-corrected chi connectivity index (χ2v) is 5.29. The highest BCUT2D eigenvalue weighted by molar-refractivity contribution is 8.26. The molecule has 0 spiro atoms. The summed E-state index contributed by atoms with van der Waals surface area (Å²) in [5.41, 5.74) is 0.969. The van der Waals surface area contributed by atoms with Crippen LogP contribution < -0.4 is 0 Å². The van der Waals surface area contributed by atoms with Gasteiger partial charge in [0.1, 0.15) is 4.32 Å². The number of pyridine rings is 1. The zero-order valence-electron chi connectivity index (χ0n) is 9.42. The first-order valence-electron chi connectivity index (χ1n) is 5.37. The fourth-order valence-corrected chi connectivity index (χ4v) is 2.84. The van der Waals surface area contributed by atoms with E-state index >= 15 is 0 Å². The van der Waals surface area contributed by atoms with Crippen LogP contribution in [0.15, 0.2) is 29.4 Å². The number of aromatic nitrogens is 1. The van der Waals surface area contributed by atoms with Crippen molar-refractivity contribution in [3.63, 3.8) is 0 Å². The minimum absolute atomic E-state index is 0.0127. The summed E-state index contributed by atoms with van der Waals surface area (Å²) >= 11 is 6.56. The molecule has 1 amide bonds. The lowest BCUT2D eigenvalue weighted by Gasteiger charge is -2.11. The maximum absolute atomic E-state index is 12.0. The van der Waals surface area contributed by atoms with Gasteiger partial charge in [0.15, 0.2) is 0 Å². The van der Waals surface area contributed by atoms with Crippen molar-refractivity contribution in [3.8, 4) is 0 Å². The molecule has 0 aromatic carbocycles. The van der Waals surface area contributed by atoms with Crippen molar-refractivity contribution in [1.29, 1.82) is 0 Å². The van der Waals surface area contributed by atoms with Crippen LogP contribution in [0.5, 0.6) is 0 Å². The zero-order valence-corrected chi connectivity index (χ0v) is 11.1. The fourth-order valence-electron chi connectivity index (χ4n) is 1.53. The third kappa shape index (κ3) is 2.73. The molecule has 1 aliphatic rings. The Kier molecular flexibility index (Phi) is 3.91. The van der Waals surface area contributed by atoms with Crippen LogP contribution in [0, 0.1) is 0 Å². The Morgan fingerprint density at radius 2 is 2.18 bits per heavy atom. The van der Waals surface area contributed by atoms with Gasteiger partial charge in [0.2, 0.25) is 0 Å². The Labute approximate surface area is 110 Å². The molecule has 0 radical (unpaired) electrons. The molecule has 0 unspecified atom stereocenters. The molecule has 1 fully saturated rings. The summed E-state index contributed by atoms with van der Waals surface area (Å²) in [6.07, 6.45) is 6.18. The van der Waals surface area contributed by atoms with Gasteiger partial charge in [-0.05, 0) is 30.2 Å². The number of thioether (sulfide) groups is 1. The van der Waals surface area contributed by atoms with E-state index in [-0.39, 0.29) is 5.91 Å². The fraction of sp³-hybridized carbons (Fsp3) is 0.250. The Hall–Kier alpha value is -1.20. The average molecular weight is 264 g/mol. The van der Waals surface area contributed by atoms with Crippen LogP contribution in [0.25, 0.3) is 6.08 Å². The van der Waals surface area contributed by atoms with E-state index in [4.69, 9.17) is 12.2 Å². The quantitative estimate of drug-likeness (QED) is 0.621. The highest BCUT2D eigenvalue weighted by Gasteiger charge is 2.30. The number of amides is 1. The van der Waals surface area contributed by atoms with Crippen LogP contribution in [0.3, 0.4) is 0 Å². The smallest absolute Gasteiger partial charge is 0.266 e. The largest absolute Gasteiger partial charge is 0.293 e. The predicted molar refractivity (Wildman–Crippen MR) is 74.4 cm³/mol. The minimum Gasteiger partial charge on any atom is -0.293 e. The van der Waals surface area contributed by atoms with E-state index in [9.17, 15) is 4.79 Å². The van der Waals surface area contributed by atoms with Gasteiger partial charge >= 0.3 is 0 Å². The van der Waals surface area contributed by atoms with E-state index in [2.05, 4.69) is 4.98 Å². The van der Waals surface area contributed by atoms with E-state index in [0.717, 1.165) is 12.0 Å². The summed E-state index contributed by atoms with van der Waals surface area (Å²) in [5.74, 6) is 0.0127. The molecule has 88 valence electrons. The molecule has 0 aliphatic carbocycles. The third-order valence-electron chi connectivity index (χ3n) is 2.32. The molecule has 1 aromatic rings. The molecule has 1 aromatic heterocycles. The number of thiocarbonyl (C=S) groups is 1. The van der Waals surface area contributed by atoms with Crippen LogP contribution in [-0.2, 0) is 4.79 Å². The van der Waals surface area contributed by atoms with Gasteiger partial charge in [-0.25, -0.2) is 0 Å². The van der Waals surface area contributed by atoms with Gasteiger partial charge in [0.25, 0.3) is 5.91 Å². The van der Waals surface area contributed by atoms with Crippen LogP contribution >= 0.6 is 24.0 Å². The van der Waals surface area contributed by atoms with E-state index < -0.39 is 0 Å². The van der Waals surface area contributed by atoms with Crippen LogP contribution in [0.1, 0.15) is 18.9 Å². The second kappa shape index (κ2) is 5.42. The van der Waals surface area contributed by atoms with E-state index in [1.165, 1.54) is 11.8 Å². The third-order valence-corrected chi connectivity index (χ3v) is 3.70. The van der Waals surface area contributed by atoms with E-state index in [1.54, 1.807) is 17.3 Å². The molecule has 3 nitrogen and oxygen atoms in total. The molecule has 0 atom stereocenters. The van der Waals surface area contributed by atoms with Crippen molar-refractivity contribution in [2.75, 3.05) is 6.54 Å². The summed E-state index contributed by atoms with van der Waals surface area (Å²) in [6, 6.07) is 3.73. The maximum atomic E-state index is 12.0. The first-order valence-corrected chi connectivity index (χ1v) is 6.60. The molecule has 0 N–H and O–H groups in total. The summed E-state index contributed by atoms with van der Waals surface area (Å²) in [4.78, 5) is 18.3. The number of nitrogens with zero attached hydrogens (tertiary/aromatic N) is 2.